The zero-order valence-corrected chi connectivity index (χ0v) is 16.4. The molecule has 26 heavy (non-hydrogen) atoms. The molecule has 0 aliphatic heterocycles. The summed E-state index contributed by atoms with van der Waals surface area (Å²) in [7, 11) is 0. The zero-order valence-electron chi connectivity index (χ0n) is 15.6. The van der Waals surface area contributed by atoms with E-state index in [4.69, 9.17) is 12.2 Å². The summed E-state index contributed by atoms with van der Waals surface area (Å²) in [5.74, 6) is -0.991. The van der Waals surface area contributed by atoms with Gasteiger partial charge in [0.25, 0.3) is 0 Å². The molecule has 0 fully saturated rings. The second-order valence-corrected chi connectivity index (χ2v) is 8.16. The standard InChI is InChI=1S/C19H27F2N3OS/c1-18(2,3)19(25,12-24-17(26)22-13-23-24)11-6-4-5-8-14-15(20)9-7-10-16(14)21/h7,9-10,13,25H,4-6,8,11-12H2,1-3H3,(H,22,23,26). The molecule has 0 amide bonds. The Morgan fingerprint density at radius 2 is 1.81 bits per heavy atom. The fourth-order valence-corrected chi connectivity index (χ4v) is 3.18. The number of aliphatic hydroxyl groups is 1. The normalized spacial score (nSPS) is 14.4. The van der Waals surface area contributed by atoms with E-state index >= 15 is 0 Å². The van der Waals surface area contributed by atoms with E-state index in [-0.39, 0.29) is 11.0 Å². The third-order valence-electron chi connectivity index (χ3n) is 5.01. The number of benzene rings is 1. The lowest BCUT2D eigenvalue weighted by atomic mass is 9.73. The first-order valence-corrected chi connectivity index (χ1v) is 9.30. The van der Waals surface area contributed by atoms with Crippen LogP contribution in [0.1, 0.15) is 52.0 Å². The lowest BCUT2D eigenvalue weighted by Gasteiger charge is -2.40. The molecule has 0 saturated carbocycles. The Kier molecular flexibility index (Phi) is 6.69. The van der Waals surface area contributed by atoms with Crippen molar-refractivity contribution in [3.63, 3.8) is 0 Å². The van der Waals surface area contributed by atoms with Crippen molar-refractivity contribution in [3.8, 4) is 0 Å². The summed E-state index contributed by atoms with van der Waals surface area (Å²) < 4.78 is 29.4. The average molecular weight is 384 g/mol. The van der Waals surface area contributed by atoms with Crippen LogP contribution in [0.2, 0.25) is 0 Å². The highest BCUT2D eigenvalue weighted by atomic mass is 32.1. The van der Waals surface area contributed by atoms with Crippen LogP contribution in [-0.4, -0.2) is 25.5 Å². The zero-order chi connectivity index (χ0) is 19.4. The largest absolute Gasteiger partial charge is 0.387 e. The average Bonchev–Trinajstić information content (AvgIpc) is 2.93. The smallest absolute Gasteiger partial charge is 0.215 e. The molecule has 1 unspecified atom stereocenters. The summed E-state index contributed by atoms with van der Waals surface area (Å²) >= 11 is 5.15. The molecule has 1 aromatic carbocycles. The number of hydrogen-bond acceptors (Lipinski definition) is 3. The van der Waals surface area contributed by atoms with Crippen molar-refractivity contribution in [2.45, 2.75) is 65.0 Å². The first-order valence-electron chi connectivity index (χ1n) is 8.89. The molecule has 1 atom stereocenters. The van der Waals surface area contributed by atoms with E-state index in [2.05, 4.69) is 10.1 Å². The molecule has 0 aliphatic carbocycles. The van der Waals surface area contributed by atoms with Gasteiger partial charge >= 0.3 is 0 Å². The maximum Gasteiger partial charge on any atom is 0.215 e. The van der Waals surface area contributed by atoms with Gasteiger partial charge in [-0.2, -0.15) is 0 Å². The van der Waals surface area contributed by atoms with Crippen LogP contribution in [0.5, 0.6) is 0 Å². The van der Waals surface area contributed by atoms with Gasteiger partial charge in [0.05, 0.1) is 12.1 Å². The van der Waals surface area contributed by atoms with E-state index in [0.29, 0.717) is 30.6 Å². The molecule has 2 aromatic rings. The highest BCUT2D eigenvalue weighted by Crippen LogP contribution is 2.36. The summed E-state index contributed by atoms with van der Waals surface area (Å²) in [6.07, 6.45) is 4.64. The molecule has 144 valence electrons. The number of unbranched alkanes of at least 4 members (excludes halogenated alkanes) is 2. The molecule has 0 spiro atoms. The Labute approximate surface area is 158 Å². The van der Waals surface area contributed by atoms with Crippen molar-refractivity contribution in [1.29, 1.82) is 0 Å². The minimum absolute atomic E-state index is 0.141. The van der Waals surface area contributed by atoms with E-state index in [1.807, 2.05) is 20.8 Å². The Balaban J connectivity index is 1.92. The number of H-pyrrole nitrogens is 1. The van der Waals surface area contributed by atoms with Crippen molar-refractivity contribution < 1.29 is 13.9 Å². The van der Waals surface area contributed by atoms with Crippen molar-refractivity contribution in [1.82, 2.24) is 14.8 Å². The van der Waals surface area contributed by atoms with Crippen LogP contribution < -0.4 is 0 Å². The number of hydrogen-bond donors (Lipinski definition) is 2. The molecular formula is C19H27F2N3OS. The molecule has 2 N–H and O–H groups in total. The number of aromatic amines is 1. The fraction of sp³-hybridized carbons (Fsp3) is 0.579. The molecule has 0 bridgehead atoms. The Morgan fingerprint density at radius 1 is 1.15 bits per heavy atom. The van der Waals surface area contributed by atoms with Gasteiger partial charge in [-0.1, -0.05) is 39.7 Å². The summed E-state index contributed by atoms with van der Waals surface area (Å²) in [5, 5.41) is 14.1. The van der Waals surface area contributed by atoms with E-state index in [1.54, 1.807) is 4.68 Å². The fourth-order valence-electron chi connectivity index (χ4n) is 3.01. The lowest BCUT2D eigenvalue weighted by Crippen LogP contribution is -2.46. The van der Waals surface area contributed by atoms with Crippen molar-refractivity contribution in [2.75, 3.05) is 0 Å². The lowest BCUT2D eigenvalue weighted by molar-refractivity contribution is -0.0817. The van der Waals surface area contributed by atoms with Gasteiger partial charge in [0.2, 0.25) is 4.77 Å². The van der Waals surface area contributed by atoms with Crippen LogP contribution in [0.4, 0.5) is 8.78 Å². The molecule has 7 heteroatoms. The Hall–Kier alpha value is -1.60. The second kappa shape index (κ2) is 8.39. The van der Waals surface area contributed by atoms with Crippen LogP contribution in [0, 0.1) is 21.8 Å². The molecule has 4 nitrogen and oxygen atoms in total. The van der Waals surface area contributed by atoms with Crippen LogP contribution in [0.15, 0.2) is 24.5 Å². The minimum Gasteiger partial charge on any atom is -0.387 e. The SMILES string of the molecule is CC(C)(C)C(O)(CCCCCc1c(F)cccc1F)Cn1[nH]cnc1=S. The third-order valence-corrected chi connectivity index (χ3v) is 5.34. The van der Waals surface area contributed by atoms with Gasteiger partial charge in [-0.15, -0.1) is 0 Å². The highest BCUT2D eigenvalue weighted by Gasteiger charge is 2.40. The van der Waals surface area contributed by atoms with Gasteiger partial charge in [0, 0.05) is 5.56 Å². The molecule has 0 saturated heterocycles. The van der Waals surface area contributed by atoms with Crippen molar-refractivity contribution >= 4 is 12.2 Å². The summed E-state index contributed by atoms with van der Waals surface area (Å²) in [6.45, 7) is 6.29. The van der Waals surface area contributed by atoms with Crippen LogP contribution >= 0.6 is 12.2 Å². The third kappa shape index (κ3) is 4.98. The molecule has 0 radical (unpaired) electrons. The predicted octanol–water partition coefficient (Wildman–Crippen LogP) is 4.80. The first kappa shape index (κ1) is 20.7. The van der Waals surface area contributed by atoms with E-state index in [9.17, 15) is 13.9 Å². The molecular weight excluding hydrogens is 356 g/mol. The minimum atomic E-state index is -0.971. The second-order valence-electron chi connectivity index (χ2n) is 7.80. The monoisotopic (exact) mass is 383 g/mol. The number of nitrogens with zero attached hydrogens (tertiary/aromatic N) is 2. The summed E-state index contributed by atoms with van der Waals surface area (Å²) in [5.41, 5.74) is -1.19. The Morgan fingerprint density at radius 3 is 2.35 bits per heavy atom. The van der Waals surface area contributed by atoms with Crippen molar-refractivity contribution in [2.24, 2.45) is 5.41 Å². The van der Waals surface area contributed by atoms with Gasteiger partial charge in [-0.25, -0.2) is 13.8 Å². The Bertz CT molecular complexity index is 761. The van der Waals surface area contributed by atoms with E-state index in [0.717, 1.165) is 12.8 Å². The van der Waals surface area contributed by atoms with Crippen LogP contribution in [0.3, 0.4) is 0 Å². The number of nitrogens with one attached hydrogen (secondary N) is 1. The predicted molar refractivity (Wildman–Crippen MR) is 100 cm³/mol. The van der Waals surface area contributed by atoms with Crippen LogP contribution in [-0.2, 0) is 13.0 Å². The van der Waals surface area contributed by atoms with Gasteiger partial charge in [0.15, 0.2) is 0 Å². The number of halogens is 2. The van der Waals surface area contributed by atoms with Gasteiger partial charge in [0.1, 0.15) is 18.0 Å². The quantitative estimate of drug-likeness (QED) is 0.509. The first-order chi connectivity index (χ1) is 12.1. The topological polar surface area (TPSA) is 53.8 Å². The van der Waals surface area contributed by atoms with Gasteiger partial charge in [-0.05, 0) is 49.0 Å². The maximum atomic E-state index is 13.7. The van der Waals surface area contributed by atoms with Gasteiger partial charge < -0.3 is 5.11 Å². The number of rotatable bonds is 8. The molecule has 0 aliphatic rings. The van der Waals surface area contributed by atoms with Crippen LogP contribution in [0.25, 0.3) is 0 Å². The molecule has 2 rings (SSSR count). The van der Waals surface area contributed by atoms with E-state index in [1.165, 1.54) is 24.5 Å². The van der Waals surface area contributed by atoms with Gasteiger partial charge in [-0.3, -0.25) is 9.78 Å². The van der Waals surface area contributed by atoms with E-state index < -0.39 is 17.2 Å². The van der Waals surface area contributed by atoms with Crippen molar-refractivity contribution in [3.05, 3.63) is 46.5 Å². The molecule has 1 aromatic heterocycles. The highest BCUT2D eigenvalue weighted by molar-refractivity contribution is 7.71. The summed E-state index contributed by atoms with van der Waals surface area (Å²) in [6, 6.07) is 3.94. The maximum absolute atomic E-state index is 13.7. The summed E-state index contributed by atoms with van der Waals surface area (Å²) in [4.78, 5) is 3.98. The molecule has 1 heterocycles. The number of aromatic nitrogens is 3.